The van der Waals surface area contributed by atoms with E-state index in [0.717, 1.165) is 10.6 Å². The van der Waals surface area contributed by atoms with Gasteiger partial charge in [0.1, 0.15) is 10.5 Å². The number of benzene rings is 1. The Morgan fingerprint density at radius 1 is 1.32 bits per heavy atom. The molecule has 0 bridgehead atoms. The largest absolute Gasteiger partial charge is 0.479 e. The van der Waals surface area contributed by atoms with Crippen molar-refractivity contribution in [3.63, 3.8) is 0 Å². The summed E-state index contributed by atoms with van der Waals surface area (Å²) in [6.45, 7) is 15.3. The SMILES string of the molecule is CCOC[C@H]1C[C@@](CC(C)C)(C(=O)O)N(C(=O)c2ccc(C(C)(C)C)c(C)c2)[C@H]1c1nccs1. The molecule has 1 N–H and O–H groups in total. The lowest BCUT2D eigenvalue weighted by Gasteiger charge is -2.39. The van der Waals surface area contributed by atoms with Crippen LogP contribution in [0.25, 0.3) is 0 Å². The van der Waals surface area contributed by atoms with Gasteiger partial charge in [0.05, 0.1) is 12.6 Å². The zero-order valence-corrected chi connectivity index (χ0v) is 22.2. The molecule has 0 unspecified atom stereocenters. The van der Waals surface area contributed by atoms with Crippen molar-refractivity contribution >= 4 is 23.2 Å². The normalized spacial score (nSPS) is 23.0. The van der Waals surface area contributed by atoms with Gasteiger partial charge in [-0.05, 0) is 61.3 Å². The highest BCUT2D eigenvalue weighted by Gasteiger charge is 2.59. The molecule has 0 spiro atoms. The standard InChI is InChI=1S/C27H38N2O4S/c1-8-33-16-20-15-27(25(31)32,14-17(2)3)29(22(20)23-28-11-12-34-23)24(30)19-9-10-21(18(4)13-19)26(5,6)7/h9-13,17,20,22H,8,14-16H2,1-7H3,(H,31,32)/t20-,22-,27+/m1/s1. The molecule has 1 aromatic heterocycles. The fraction of sp³-hybridized carbons (Fsp3) is 0.593. The number of rotatable bonds is 8. The van der Waals surface area contributed by atoms with E-state index in [0.29, 0.717) is 31.6 Å². The monoisotopic (exact) mass is 486 g/mol. The van der Waals surface area contributed by atoms with Crippen molar-refractivity contribution in [2.24, 2.45) is 11.8 Å². The Hall–Kier alpha value is -2.25. The van der Waals surface area contributed by atoms with Crippen LogP contribution in [0.2, 0.25) is 0 Å². The van der Waals surface area contributed by atoms with Crippen molar-refractivity contribution in [2.45, 2.75) is 78.3 Å². The van der Waals surface area contributed by atoms with Crippen molar-refractivity contribution in [1.82, 2.24) is 9.88 Å². The molecule has 1 aromatic carbocycles. The molecule has 0 aliphatic carbocycles. The van der Waals surface area contributed by atoms with Gasteiger partial charge in [0.2, 0.25) is 0 Å². The van der Waals surface area contributed by atoms with Gasteiger partial charge in [-0.25, -0.2) is 9.78 Å². The minimum atomic E-state index is -1.32. The Morgan fingerprint density at radius 3 is 2.53 bits per heavy atom. The summed E-state index contributed by atoms with van der Waals surface area (Å²) in [6, 6.07) is 5.29. The highest BCUT2D eigenvalue weighted by molar-refractivity contribution is 7.09. The third-order valence-corrected chi connectivity index (χ3v) is 7.52. The molecule has 0 radical (unpaired) electrons. The third kappa shape index (κ3) is 5.05. The van der Waals surface area contributed by atoms with Gasteiger partial charge in [0.25, 0.3) is 5.91 Å². The summed E-state index contributed by atoms with van der Waals surface area (Å²) in [5.41, 5.74) is 1.34. The lowest BCUT2D eigenvalue weighted by atomic mass is 9.82. The predicted molar refractivity (Wildman–Crippen MR) is 135 cm³/mol. The van der Waals surface area contributed by atoms with Crippen LogP contribution in [0.3, 0.4) is 0 Å². The van der Waals surface area contributed by atoms with E-state index in [2.05, 4.69) is 25.8 Å². The molecule has 186 valence electrons. The maximum atomic E-state index is 14.2. The molecule has 1 aliphatic heterocycles. The van der Waals surface area contributed by atoms with Crippen LogP contribution >= 0.6 is 11.3 Å². The lowest BCUT2D eigenvalue weighted by molar-refractivity contribution is -0.150. The summed E-state index contributed by atoms with van der Waals surface area (Å²) < 4.78 is 5.78. The number of aliphatic carboxylic acids is 1. The molecule has 3 rings (SSSR count). The first kappa shape index (κ1) is 26.4. The average molecular weight is 487 g/mol. The van der Waals surface area contributed by atoms with Crippen molar-refractivity contribution in [3.05, 3.63) is 51.5 Å². The van der Waals surface area contributed by atoms with Crippen LogP contribution in [-0.2, 0) is 14.9 Å². The van der Waals surface area contributed by atoms with Crippen LogP contribution < -0.4 is 0 Å². The predicted octanol–water partition coefficient (Wildman–Crippen LogP) is 5.86. The molecule has 34 heavy (non-hydrogen) atoms. The summed E-state index contributed by atoms with van der Waals surface area (Å²) in [5.74, 6) is -1.28. The molecule has 6 nitrogen and oxygen atoms in total. The number of ether oxygens (including phenoxy) is 1. The first-order chi connectivity index (χ1) is 15.9. The van der Waals surface area contributed by atoms with Gasteiger partial charge in [-0.3, -0.25) is 4.79 Å². The van der Waals surface area contributed by atoms with Gasteiger partial charge in [0.15, 0.2) is 0 Å². The van der Waals surface area contributed by atoms with Gasteiger partial charge in [-0.2, -0.15) is 0 Å². The molecular weight excluding hydrogens is 448 g/mol. The van der Waals surface area contributed by atoms with Gasteiger partial charge in [0, 0.05) is 29.7 Å². The quantitative estimate of drug-likeness (QED) is 0.506. The first-order valence-electron chi connectivity index (χ1n) is 12.1. The second-order valence-electron chi connectivity index (χ2n) is 10.8. The number of carboxylic acid groups (broad SMARTS) is 1. The van der Waals surface area contributed by atoms with Gasteiger partial charge >= 0.3 is 5.97 Å². The Balaban J connectivity index is 2.17. The maximum absolute atomic E-state index is 14.2. The maximum Gasteiger partial charge on any atom is 0.329 e. The molecule has 0 saturated carbocycles. The van der Waals surface area contributed by atoms with E-state index in [1.54, 1.807) is 11.1 Å². The number of hydrogen-bond donors (Lipinski definition) is 1. The minimum absolute atomic E-state index is 0.0478. The van der Waals surface area contributed by atoms with Crippen LogP contribution in [0.1, 0.15) is 86.9 Å². The van der Waals surface area contributed by atoms with Crippen molar-refractivity contribution in [2.75, 3.05) is 13.2 Å². The smallest absolute Gasteiger partial charge is 0.329 e. The number of likely N-dealkylation sites (tertiary alicyclic amines) is 1. The Labute approximate surface area is 207 Å². The number of aryl methyl sites for hydroxylation is 1. The Morgan fingerprint density at radius 2 is 2.03 bits per heavy atom. The molecule has 7 heteroatoms. The fourth-order valence-electron chi connectivity index (χ4n) is 5.47. The Bertz CT molecular complexity index is 1010. The van der Waals surface area contributed by atoms with Crippen LogP contribution in [0.4, 0.5) is 0 Å². The van der Waals surface area contributed by atoms with E-state index < -0.39 is 17.6 Å². The molecular formula is C27H38N2O4S. The third-order valence-electron chi connectivity index (χ3n) is 6.67. The second kappa shape index (κ2) is 10.2. The van der Waals surface area contributed by atoms with Crippen LogP contribution in [0.5, 0.6) is 0 Å². The van der Waals surface area contributed by atoms with Gasteiger partial charge in [-0.1, -0.05) is 40.7 Å². The molecule has 1 aliphatic rings. The minimum Gasteiger partial charge on any atom is -0.479 e. The summed E-state index contributed by atoms with van der Waals surface area (Å²) in [5, 5.41) is 13.2. The Kier molecular flexibility index (Phi) is 7.88. The van der Waals surface area contributed by atoms with E-state index in [1.165, 1.54) is 16.9 Å². The van der Waals surface area contributed by atoms with Crippen molar-refractivity contribution in [1.29, 1.82) is 0 Å². The molecule has 1 fully saturated rings. The van der Waals surface area contributed by atoms with Crippen molar-refractivity contribution < 1.29 is 19.4 Å². The number of hydrogen-bond acceptors (Lipinski definition) is 5. The van der Waals surface area contributed by atoms with Crippen molar-refractivity contribution in [3.8, 4) is 0 Å². The van der Waals surface area contributed by atoms with E-state index in [-0.39, 0.29) is 23.2 Å². The molecule has 2 heterocycles. The zero-order valence-electron chi connectivity index (χ0n) is 21.4. The summed E-state index contributed by atoms with van der Waals surface area (Å²) in [4.78, 5) is 33.3. The number of amides is 1. The summed E-state index contributed by atoms with van der Waals surface area (Å²) in [6.07, 6.45) is 2.43. The number of thiazole rings is 1. The highest BCUT2D eigenvalue weighted by Crippen LogP contribution is 2.51. The second-order valence-corrected chi connectivity index (χ2v) is 11.8. The molecule has 1 amide bonds. The number of carboxylic acids is 1. The molecule has 1 saturated heterocycles. The van der Waals surface area contributed by atoms with Crippen LogP contribution in [0, 0.1) is 18.8 Å². The highest BCUT2D eigenvalue weighted by atomic mass is 32.1. The number of aromatic nitrogens is 1. The molecule has 2 aromatic rings. The van der Waals surface area contributed by atoms with E-state index in [9.17, 15) is 14.7 Å². The van der Waals surface area contributed by atoms with E-state index in [1.807, 2.05) is 51.3 Å². The average Bonchev–Trinajstić information content (AvgIpc) is 3.36. The lowest BCUT2D eigenvalue weighted by Crippen LogP contribution is -2.54. The van der Waals surface area contributed by atoms with Crippen LogP contribution in [-0.4, -0.2) is 45.6 Å². The fourth-order valence-corrected chi connectivity index (χ4v) is 6.29. The summed E-state index contributed by atoms with van der Waals surface area (Å²) in [7, 11) is 0. The number of nitrogens with zero attached hydrogens (tertiary/aromatic N) is 2. The summed E-state index contributed by atoms with van der Waals surface area (Å²) >= 11 is 1.46. The zero-order chi connectivity index (χ0) is 25.3. The van der Waals surface area contributed by atoms with E-state index in [4.69, 9.17) is 4.74 Å². The number of carbonyl (C=O) groups is 2. The molecule has 3 atom stereocenters. The van der Waals surface area contributed by atoms with Gasteiger partial charge in [-0.15, -0.1) is 11.3 Å². The topological polar surface area (TPSA) is 79.7 Å². The van der Waals surface area contributed by atoms with Gasteiger partial charge < -0.3 is 14.7 Å². The first-order valence-corrected chi connectivity index (χ1v) is 13.0. The number of carbonyl (C=O) groups excluding carboxylic acids is 1. The van der Waals surface area contributed by atoms with Crippen LogP contribution in [0.15, 0.2) is 29.8 Å². The van der Waals surface area contributed by atoms with E-state index >= 15 is 0 Å².